The third-order valence-corrected chi connectivity index (χ3v) is 9.02. The molecule has 0 aliphatic carbocycles. The molecule has 2 N–H and O–H groups in total. The zero-order valence-corrected chi connectivity index (χ0v) is 23.6. The van der Waals surface area contributed by atoms with Crippen molar-refractivity contribution in [1.29, 1.82) is 0 Å². The maximum absolute atomic E-state index is 14.0. The number of carbonyl (C=O) groups is 1. The first-order valence-corrected chi connectivity index (χ1v) is 15.3. The molecule has 0 aromatic heterocycles. The Balaban J connectivity index is 1.49. The number of hydrogen-bond acceptors (Lipinski definition) is 5. The number of primary amides is 1. The lowest BCUT2D eigenvalue weighted by Gasteiger charge is -2.42. The summed E-state index contributed by atoms with van der Waals surface area (Å²) in [4.78, 5) is 16.5. The minimum absolute atomic E-state index is 0.00134. The maximum Gasteiger partial charge on any atom is 0.239 e. The summed E-state index contributed by atoms with van der Waals surface area (Å²) < 4.78 is 53.4. The normalized spacial score (nSPS) is 17.9. The maximum atomic E-state index is 14.0. The molecule has 0 saturated carbocycles. The van der Waals surface area contributed by atoms with E-state index < -0.39 is 27.5 Å². The van der Waals surface area contributed by atoms with Gasteiger partial charge in [-0.25, -0.2) is 17.2 Å². The molecule has 1 amide bonds. The van der Waals surface area contributed by atoms with Crippen LogP contribution in [-0.2, 0) is 14.6 Å². The fraction of sp³-hybridized carbons (Fsp3) is 0.300. The van der Waals surface area contributed by atoms with Crippen molar-refractivity contribution in [2.45, 2.75) is 24.9 Å². The summed E-state index contributed by atoms with van der Waals surface area (Å²) in [7, 11) is -3.77. The summed E-state index contributed by atoms with van der Waals surface area (Å²) >= 11 is 6.15. The van der Waals surface area contributed by atoms with E-state index in [4.69, 9.17) is 17.3 Å². The van der Waals surface area contributed by atoms with Crippen LogP contribution in [0.1, 0.15) is 47.2 Å². The quantitative estimate of drug-likeness (QED) is 0.398. The minimum Gasteiger partial charge on any atom is -0.368 e. The smallest absolute Gasteiger partial charge is 0.239 e. The van der Waals surface area contributed by atoms with Crippen LogP contribution in [0, 0.1) is 11.6 Å². The zero-order chi connectivity index (χ0) is 28.6. The molecule has 10 heteroatoms. The molecule has 0 spiro atoms. The molecule has 2 atom stereocenters. The number of amides is 1. The molecule has 5 rings (SSSR count). The highest BCUT2D eigenvalue weighted by Gasteiger charge is 2.35. The second-order valence-corrected chi connectivity index (χ2v) is 12.8. The van der Waals surface area contributed by atoms with E-state index in [0.29, 0.717) is 16.7 Å². The molecule has 0 bridgehead atoms. The van der Waals surface area contributed by atoms with Crippen LogP contribution in [0.4, 0.5) is 8.78 Å². The predicted octanol–water partition coefficient (Wildman–Crippen LogP) is 5.10. The number of likely N-dealkylation sites (tertiary alicyclic amines) is 2. The third-order valence-electron chi connectivity index (χ3n) is 7.50. The van der Waals surface area contributed by atoms with E-state index in [-0.39, 0.29) is 35.5 Å². The van der Waals surface area contributed by atoms with Crippen molar-refractivity contribution in [3.8, 4) is 0 Å². The van der Waals surface area contributed by atoms with E-state index in [2.05, 4.69) is 9.80 Å². The molecule has 0 radical (unpaired) electrons. The SMILES string of the molecule is CS(=O)(=O)C(=C1CN([C@@H](c2ccc(Cl)cc2)c2ccc(C(C(N)=O)N3CCCC3)cc2)C1)c1cc(F)cc(F)c1. The van der Waals surface area contributed by atoms with Gasteiger partial charge in [0.25, 0.3) is 0 Å². The van der Waals surface area contributed by atoms with E-state index in [1.54, 1.807) is 12.1 Å². The summed E-state index contributed by atoms with van der Waals surface area (Å²) in [6.45, 7) is 2.22. The molecule has 3 aromatic rings. The van der Waals surface area contributed by atoms with Crippen molar-refractivity contribution >= 4 is 32.3 Å². The van der Waals surface area contributed by atoms with Gasteiger partial charge < -0.3 is 5.73 Å². The first kappa shape index (κ1) is 28.4. The summed E-state index contributed by atoms with van der Waals surface area (Å²) in [6.07, 6.45) is 3.11. The topological polar surface area (TPSA) is 83.7 Å². The molecule has 3 aromatic carbocycles. The Hall–Kier alpha value is -3.11. The molecule has 6 nitrogen and oxygen atoms in total. The second-order valence-electron chi connectivity index (χ2n) is 10.4. The highest BCUT2D eigenvalue weighted by molar-refractivity contribution is 8.00. The highest BCUT2D eigenvalue weighted by atomic mass is 35.5. The molecular formula is C30H30ClF2N3O3S. The van der Waals surface area contributed by atoms with E-state index in [1.165, 1.54) is 0 Å². The molecule has 2 aliphatic rings. The van der Waals surface area contributed by atoms with Crippen molar-refractivity contribution in [1.82, 2.24) is 9.80 Å². The number of benzene rings is 3. The minimum atomic E-state index is -3.77. The molecule has 1 unspecified atom stereocenters. The van der Waals surface area contributed by atoms with E-state index in [1.807, 2.05) is 36.4 Å². The number of rotatable bonds is 8. The summed E-state index contributed by atoms with van der Waals surface area (Å²) in [6, 6.07) is 17.2. The van der Waals surface area contributed by atoms with Gasteiger partial charge in [-0.3, -0.25) is 14.6 Å². The molecular weight excluding hydrogens is 556 g/mol. The van der Waals surface area contributed by atoms with Crippen molar-refractivity contribution in [3.05, 3.63) is 111 Å². The molecule has 2 heterocycles. The lowest BCUT2D eigenvalue weighted by atomic mass is 9.91. The largest absolute Gasteiger partial charge is 0.368 e. The molecule has 210 valence electrons. The van der Waals surface area contributed by atoms with Crippen LogP contribution >= 0.6 is 11.6 Å². The van der Waals surface area contributed by atoms with Gasteiger partial charge in [0, 0.05) is 30.4 Å². The van der Waals surface area contributed by atoms with Gasteiger partial charge in [-0.1, -0.05) is 48.0 Å². The van der Waals surface area contributed by atoms with E-state index in [9.17, 15) is 22.0 Å². The first-order chi connectivity index (χ1) is 19.0. The van der Waals surface area contributed by atoms with E-state index in [0.717, 1.165) is 61.0 Å². The van der Waals surface area contributed by atoms with Crippen LogP contribution in [0.15, 0.2) is 72.3 Å². The van der Waals surface area contributed by atoms with Crippen LogP contribution in [0.2, 0.25) is 5.02 Å². The standard InChI is InChI=1S/C30H30ClF2N3O3S/c1-40(38,39)29(22-14-25(32)16-26(33)15-22)23-17-36(18-23)27(20-8-10-24(31)11-9-20)19-4-6-21(7-5-19)28(30(34)37)35-12-2-3-13-35/h4-11,14-16,27-28H,2-3,12-13,17-18H2,1H3,(H2,34,37)/t27-,28?/m1/s1. The monoisotopic (exact) mass is 585 g/mol. The number of carbonyl (C=O) groups excluding carboxylic acids is 1. The Labute approximate surface area is 238 Å². The highest BCUT2D eigenvalue weighted by Crippen LogP contribution is 2.39. The lowest BCUT2D eigenvalue weighted by molar-refractivity contribution is -0.123. The van der Waals surface area contributed by atoms with Crippen molar-refractivity contribution < 1.29 is 22.0 Å². The molecule has 40 heavy (non-hydrogen) atoms. The van der Waals surface area contributed by atoms with Crippen LogP contribution in [0.5, 0.6) is 0 Å². The van der Waals surface area contributed by atoms with Gasteiger partial charge in [-0.2, -0.15) is 0 Å². The summed E-state index contributed by atoms with van der Waals surface area (Å²) in [5.74, 6) is -2.06. The fourth-order valence-electron chi connectivity index (χ4n) is 5.81. The van der Waals surface area contributed by atoms with Crippen molar-refractivity contribution in [3.63, 3.8) is 0 Å². The Morgan fingerprint density at radius 1 is 0.850 bits per heavy atom. The Bertz CT molecular complexity index is 1530. The van der Waals surface area contributed by atoms with Crippen molar-refractivity contribution in [2.24, 2.45) is 5.73 Å². The average Bonchev–Trinajstić information content (AvgIpc) is 3.37. The Morgan fingerprint density at radius 3 is 1.85 bits per heavy atom. The van der Waals surface area contributed by atoms with Gasteiger partial charge in [0.15, 0.2) is 9.84 Å². The fourth-order valence-corrected chi connectivity index (χ4v) is 7.14. The summed E-state index contributed by atoms with van der Waals surface area (Å²) in [5, 5.41) is 0.587. The molecule has 2 aliphatic heterocycles. The summed E-state index contributed by atoms with van der Waals surface area (Å²) in [5.41, 5.74) is 9.06. The van der Waals surface area contributed by atoms with Gasteiger partial charge in [0.2, 0.25) is 5.91 Å². The van der Waals surface area contributed by atoms with Crippen LogP contribution in [0.3, 0.4) is 0 Å². The van der Waals surface area contributed by atoms with Crippen LogP contribution in [-0.4, -0.2) is 56.6 Å². The Kier molecular flexibility index (Phi) is 8.10. The van der Waals surface area contributed by atoms with Crippen LogP contribution < -0.4 is 5.73 Å². The number of sulfone groups is 1. The predicted molar refractivity (Wildman–Crippen MR) is 152 cm³/mol. The molecule has 2 saturated heterocycles. The second kappa shape index (κ2) is 11.4. The van der Waals surface area contributed by atoms with Gasteiger partial charge >= 0.3 is 0 Å². The van der Waals surface area contributed by atoms with Crippen molar-refractivity contribution in [2.75, 3.05) is 32.4 Å². The number of halogens is 3. The van der Waals surface area contributed by atoms with Gasteiger partial charge in [0.05, 0.1) is 10.9 Å². The number of nitrogens with zero attached hydrogens (tertiary/aromatic N) is 2. The van der Waals surface area contributed by atoms with E-state index >= 15 is 0 Å². The van der Waals surface area contributed by atoms with Gasteiger partial charge in [-0.15, -0.1) is 0 Å². The lowest BCUT2D eigenvalue weighted by Crippen LogP contribution is -2.44. The molecule has 2 fully saturated rings. The zero-order valence-electron chi connectivity index (χ0n) is 22.0. The number of nitrogens with two attached hydrogens (primary N) is 1. The third kappa shape index (κ3) is 5.98. The van der Waals surface area contributed by atoms with Crippen LogP contribution in [0.25, 0.3) is 4.91 Å². The van der Waals surface area contributed by atoms with Gasteiger partial charge in [0.1, 0.15) is 17.7 Å². The average molecular weight is 586 g/mol. The number of hydrogen-bond donors (Lipinski definition) is 1. The first-order valence-electron chi connectivity index (χ1n) is 13.0. The van der Waals surface area contributed by atoms with Gasteiger partial charge in [-0.05, 0) is 78.0 Å². The Morgan fingerprint density at radius 2 is 1.35 bits per heavy atom.